The highest BCUT2D eigenvalue weighted by atomic mass is 16.3. The first-order chi connectivity index (χ1) is 8.71. The molecular formula is C14H22N2O2. The Morgan fingerprint density at radius 2 is 2.06 bits per heavy atom. The van der Waals surface area contributed by atoms with E-state index in [1.54, 1.807) is 0 Å². The monoisotopic (exact) mass is 250 g/mol. The van der Waals surface area contributed by atoms with Gasteiger partial charge in [-0.15, -0.1) is 0 Å². The molecule has 0 saturated carbocycles. The predicted octanol–water partition coefficient (Wildman–Crippen LogP) is 0.691. The van der Waals surface area contributed by atoms with Gasteiger partial charge in [-0.1, -0.05) is 37.3 Å². The second-order valence-electron chi connectivity index (χ2n) is 4.42. The van der Waals surface area contributed by atoms with Crippen LogP contribution in [0.1, 0.15) is 18.9 Å². The van der Waals surface area contributed by atoms with E-state index >= 15 is 0 Å². The van der Waals surface area contributed by atoms with Crippen molar-refractivity contribution in [2.45, 2.75) is 25.8 Å². The van der Waals surface area contributed by atoms with Crippen molar-refractivity contribution < 1.29 is 9.90 Å². The van der Waals surface area contributed by atoms with E-state index in [1.165, 1.54) is 0 Å². The zero-order valence-electron chi connectivity index (χ0n) is 10.8. The normalized spacial score (nSPS) is 13.9. The molecule has 0 saturated heterocycles. The van der Waals surface area contributed by atoms with Crippen molar-refractivity contribution in [1.29, 1.82) is 0 Å². The maximum absolute atomic E-state index is 11.9. The summed E-state index contributed by atoms with van der Waals surface area (Å²) in [7, 11) is 0. The Hall–Kier alpha value is -1.39. The lowest BCUT2D eigenvalue weighted by Crippen LogP contribution is -2.43. The Morgan fingerprint density at radius 1 is 1.39 bits per heavy atom. The zero-order valence-corrected chi connectivity index (χ0v) is 10.8. The Balaban J connectivity index is 2.54. The van der Waals surface area contributed by atoms with E-state index in [-0.39, 0.29) is 24.5 Å². The molecular weight excluding hydrogens is 228 g/mol. The van der Waals surface area contributed by atoms with Crippen LogP contribution in [0.2, 0.25) is 0 Å². The molecule has 1 unspecified atom stereocenters. The van der Waals surface area contributed by atoms with Crippen LogP contribution < -0.4 is 11.1 Å². The summed E-state index contributed by atoms with van der Waals surface area (Å²) in [4.78, 5) is 11.9. The van der Waals surface area contributed by atoms with Crippen molar-refractivity contribution in [1.82, 2.24) is 5.32 Å². The van der Waals surface area contributed by atoms with Crippen LogP contribution in [0.3, 0.4) is 0 Å². The molecule has 0 aliphatic rings. The van der Waals surface area contributed by atoms with Crippen molar-refractivity contribution in [3.05, 3.63) is 35.9 Å². The van der Waals surface area contributed by atoms with Gasteiger partial charge in [0.05, 0.1) is 12.6 Å². The molecule has 0 heterocycles. The summed E-state index contributed by atoms with van der Waals surface area (Å²) in [6, 6.07) is 9.54. The summed E-state index contributed by atoms with van der Waals surface area (Å²) in [5.41, 5.74) is 6.63. The molecule has 0 aliphatic heterocycles. The molecule has 2 atom stereocenters. The van der Waals surface area contributed by atoms with Crippen LogP contribution in [0.4, 0.5) is 0 Å². The molecule has 1 amide bonds. The Bertz CT molecular complexity index is 350. The number of carbonyl (C=O) groups is 1. The lowest BCUT2D eigenvalue weighted by Gasteiger charge is -2.20. The number of amides is 1. The van der Waals surface area contributed by atoms with E-state index in [4.69, 9.17) is 5.73 Å². The molecule has 1 rings (SSSR count). The molecule has 0 bridgehead atoms. The molecule has 4 nitrogen and oxygen atoms in total. The van der Waals surface area contributed by atoms with Gasteiger partial charge in [-0.25, -0.2) is 0 Å². The molecule has 0 fully saturated rings. The smallest absolute Gasteiger partial charge is 0.224 e. The number of benzene rings is 1. The first kappa shape index (κ1) is 14.7. The Labute approximate surface area is 108 Å². The van der Waals surface area contributed by atoms with Gasteiger partial charge in [-0.2, -0.15) is 0 Å². The molecule has 0 aromatic heterocycles. The highest BCUT2D eigenvalue weighted by Crippen LogP contribution is 2.05. The van der Waals surface area contributed by atoms with Gasteiger partial charge in [0.1, 0.15) is 0 Å². The third-order valence-electron chi connectivity index (χ3n) is 3.04. The molecule has 0 aliphatic carbocycles. The summed E-state index contributed by atoms with van der Waals surface area (Å²) >= 11 is 0. The second-order valence-corrected chi connectivity index (χ2v) is 4.42. The van der Waals surface area contributed by atoms with Crippen molar-refractivity contribution in [3.8, 4) is 0 Å². The van der Waals surface area contributed by atoms with Crippen LogP contribution in [-0.2, 0) is 11.2 Å². The van der Waals surface area contributed by atoms with Crippen LogP contribution in [-0.4, -0.2) is 30.2 Å². The lowest BCUT2D eigenvalue weighted by atomic mass is 10.0. The minimum Gasteiger partial charge on any atom is -0.394 e. The first-order valence-corrected chi connectivity index (χ1v) is 6.36. The maximum Gasteiger partial charge on any atom is 0.224 e. The van der Waals surface area contributed by atoms with Gasteiger partial charge in [-0.3, -0.25) is 4.79 Å². The molecule has 100 valence electrons. The van der Waals surface area contributed by atoms with Crippen LogP contribution in [0.15, 0.2) is 30.3 Å². The lowest BCUT2D eigenvalue weighted by molar-refractivity contribution is -0.125. The molecule has 0 spiro atoms. The molecule has 4 heteroatoms. The fourth-order valence-electron chi connectivity index (χ4n) is 1.84. The Morgan fingerprint density at radius 3 is 2.56 bits per heavy atom. The van der Waals surface area contributed by atoms with Gasteiger partial charge in [-0.05, 0) is 18.4 Å². The summed E-state index contributed by atoms with van der Waals surface area (Å²) in [6.45, 7) is 2.20. The molecule has 18 heavy (non-hydrogen) atoms. The van der Waals surface area contributed by atoms with E-state index in [0.717, 1.165) is 5.56 Å². The number of aliphatic hydroxyl groups is 1. The van der Waals surface area contributed by atoms with E-state index in [1.807, 2.05) is 37.3 Å². The summed E-state index contributed by atoms with van der Waals surface area (Å²) in [5.74, 6) is -0.246. The standard InChI is InChI=1S/C14H22N2O2/c1-2-12(9-15)14(18)16-13(10-17)8-11-6-4-3-5-7-11/h3-7,12-13,17H,2,8-10,15H2,1H3,(H,16,18)/t12?,13-/m1/s1. The van der Waals surface area contributed by atoms with E-state index in [9.17, 15) is 9.90 Å². The van der Waals surface area contributed by atoms with Crippen molar-refractivity contribution in [2.75, 3.05) is 13.2 Å². The number of nitrogens with one attached hydrogen (secondary N) is 1. The van der Waals surface area contributed by atoms with Gasteiger partial charge in [0.25, 0.3) is 0 Å². The number of nitrogens with two attached hydrogens (primary N) is 1. The van der Waals surface area contributed by atoms with Gasteiger partial charge < -0.3 is 16.2 Å². The van der Waals surface area contributed by atoms with Crippen molar-refractivity contribution >= 4 is 5.91 Å². The highest BCUT2D eigenvalue weighted by Gasteiger charge is 2.18. The second kappa shape index (κ2) is 7.84. The average Bonchev–Trinajstić information content (AvgIpc) is 2.40. The average molecular weight is 250 g/mol. The number of rotatable bonds is 7. The Kier molecular flexibility index (Phi) is 6.39. The molecule has 1 aromatic carbocycles. The van der Waals surface area contributed by atoms with Crippen LogP contribution in [0, 0.1) is 5.92 Å². The predicted molar refractivity (Wildman–Crippen MR) is 72.0 cm³/mol. The summed E-state index contributed by atoms with van der Waals surface area (Å²) in [6.07, 6.45) is 1.34. The number of aliphatic hydroxyl groups excluding tert-OH is 1. The van der Waals surface area contributed by atoms with Crippen LogP contribution in [0.25, 0.3) is 0 Å². The molecule has 0 radical (unpaired) electrons. The van der Waals surface area contributed by atoms with Crippen LogP contribution >= 0.6 is 0 Å². The van der Waals surface area contributed by atoms with Gasteiger partial charge in [0, 0.05) is 12.5 Å². The van der Waals surface area contributed by atoms with Gasteiger partial charge in [0.2, 0.25) is 5.91 Å². The minimum atomic E-state index is -0.250. The maximum atomic E-state index is 11.9. The van der Waals surface area contributed by atoms with Gasteiger partial charge >= 0.3 is 0 Å². The first-order valence-electron chi connectivity index (χ1n) is 6.36. The number of hydrogen-bond acceptors (Lipinski definition) is 3. The largest absolute Gasteiger partial charge is 0.394 e. The summed E-state index contributed by atoms with van der Waals surface area (Å²) < 4.78 is 0. The summed E-state index contributed by atoms with van der Waals surface area (Å²) in [5, 5.41) is 12.2. The van der Waals surface area contributed by atoms with Gasteiger partial charge in [0.15, 0.2) is 0 Å². The van der Waals surface area contributed by atoms with E-state index in [0.29, 0.717) is 19.4 Å². The highest BCUT2D eigenvalue weighted by molar-refractivity contribution is 5.79. The zero-order chi connectivity index (χ0) is 13.4. The topological polar surface area (TPSA) is 75.4 Å². The van der Waals surface area contributed by atoms with Crippen LogP contribution in [0.5, 0.6) is 0 Å². The minimum absolute atomic E-state index is 0.0678. The third-order valence-corrected chi connectivity index (χ3v) is 3.04. The van der Waals surface area contributed by atoms with Crippen molar-refractivity contribution in [2.24, 2.45) is 11.7 Å². The number of carbonyl (C=O) groups excluding carboxylic acids is 1. The van der Waals surface area contributed by atoms with E-state index < -0.39 is 0 Å². The molecule has 4 N–H and O–H groups in total. The quantitative estimate of drug-likeness (QED) is 0.666. The fourth-order valence-corrected chi connectivity index (χ4v) is 1.84. The molecule has 1 aromatic rings. The van der Waals surface area contributed by atoms with Crippen molar-refractivity contribution in [3.63, 3.8) is 0 Å². The number of hydrogen-bond donors (Lipinski definition) is 3. The third kappa shape index (κ3) is 4.47. The fraction of sp³-hybridized carbons (Fsp3) is 0.500. The SMILES string of the molecule is CCC(CN)C(=O)N[C@@H](CO)Cc1ccccc1. The van der Waals surface area contributed by atoms with E-state index in [2.05, 4.69) is 5.32 Å².